The number of amides is 1. The molecular weight excluding hydrogens is 510 g/mol. The fourth-order valence-corrected chi connectivity index (χ4v) is 4.51. The number of aromatic nitrogens is 1. The molecule has 0 radical (unpaired) electrons. The number of rotatable bonds is 9. The zero-order valence-corrected chi connectivity index (χ0v) is 21.7. The number of hydrogen-bond acceptors (Lipinski definition) is 10. The van der Waals surface area contributed by atoms with Crippen LogP contribution in [0.4, 0.5) is 11.5 Å². The van der Waals surface area contributed by atoms with E-state index in [1.807, 2.05) is 6.07 Å². The van der Waals surface area contributed by atoms with E-state index in [1.54, 1.807) is 25.1 Å². The third kappa shape index (κ3) is 5.56. The second-order valence-corrected chi connectivity index (χ2v) is 9.03. The van der Waals surface area contributed by atoms with Gasteiger partial charge in [-0.25, -0.2) is 9.78 Å². The Morgan fingerprint density at radius 2 is 1.68 bits per heavy atom. The normalized spacial score (nSPS) is 11.0. The van der Waals surface area contributed by atoms with Gasteiger partial charge in [0.05, 0.1) is 37.7 Å². The molecule has 3 aromatic rings. The maximum atomic E-state index is 12.9. The van der Waals surface area contributed by atoms with Crippen LogP contribution < -0.4 is 25.3 Å². The van der Waals surface area contributed by atoms with Crippen molar-refractivity contribution in [2.75, 3.05) is 32.4 Å². The van der Waals surface area contributed by atoms with Gasteiger partial charge in [-0.15, -0.1) is 0 Å². The van der Waals surface area contributed by atoms with Crippen molar-refractivity contribution in [3.8, 4) is 40.5 Å². The van der Waals surface area contributed by atoms with Crippen LogP contribution in [0.15, 0.2) is 41.4 Å². The van der Waals surface area contributed by atoms with E-state index in [2.05, 4.69) is 16.4 Å². The third-order valence-electron chi connectivity index (χ3n) is 5.40. The van der Waals surface area contributed by atoms with Crippen LogP contribution in [0, 0.1) is 22.7 Å². The van der Waals surface area contributed by atoms with Gasteiger partial charge in [0, 0.05) is 11.3 Å². The van der Waals surface area contributed by atoms with Crippen LogP contribution in [0.2, 0.25) is 0 Å². The molecule has 0 aliphatic carbocycles. The molecule has 3 rings (SSSR count). The first-order chi connectivity index (χ1) is 18.2. The van der Waals surface area contributed by atoms with E-state index in [1.165, 1.54) is 39.5 Å². The molecule has 0 spiro atoms. The Morgan fingerprint density at radius 1 is 1.05 bits per heavy atom. The minimum Gasteiger partial charge on any atom is -0.493 e. The zero-order chi connectivity index (χ0) is 28.0. The van der Waals surface area contributed by atoms with Gasteiger partial charge in [0.2, 0.25) is 11.7 Å². The van der Waals surface area contributed by atoms with E-state index in [0.717, 1.165) is 11.8 Å². The number of hydrogen-bond donors (Lipinski definition) is 3. The fourth-order valence-electron chi connectivity index (χ4n) is 3.59. The third-order valence-corrected chi connectivity index (χ3v) is 6.49. The Labute approximate surface area is 222 Å². The number of nitrogens with zero attached hydrogens (tertiary/aromatic N) is 3. The molecule has 0 aliphatic heterocycles. The monoisotopic (exact) mass is 533 g/mol. The molecule has 12 heteroatoms. The molecule has 1 amide bonds. The molecule has 4 N–H and O–H groups in total. The van der Waals surface area contributed by atoms with Crippen LogP contribution >= 0.6 is 11.8 Å². The summed E-state index contributed by atoms with van der Waals surface area (Å²) in [5, 5.41) is 31.1. The Kier molecular flexibility index (Phi) is 8.63. The van der Waals surface area contributed by atoms with Crippen LogP contribution in [-0.2, 0) is 4.79 Å². The highest BCUT2D eigenvalue weighted by atomic mass is 32.2. The summed E-state index contributed by atoms with van der Waals surface area (Å²) in [5.74, 6) is -0.783. The number of thioether (sulfide) groups is 1. The van der Waals surface area contributed by atoms with Gasteiger partial charge in [0.25, 0.3) is 0 Å². The first-order valence-corrected chi connectivity index (χ1v) is 11.8. The average Bonchev–Trinajstić information content (AvgIpc) is 2.91. The van der Waals surface area contributed by atoms with E-state index in [0.29, 0.717) is 28.5 Å². The van der Waals surface area contributed by atoms with Gasteiger partial charge in [0.15, 0.2) is 11.5 Å². The maximum Gasteiger partial charge on any atom is 0.335 e. The highest BCUT2D eigenvalue weighted by Gasteiger charge is 2.26. The van der Waals surface area contributed by atoms with E-state index >= 15 is 0 Å². The highest BCUT2D eigenvalue weighted by molar-refractivity contribution is 8.00. The summed E-state index contributed by atoms with van der Waals surface area (Å²) in [6.45, 7) is 1.59. The first-order valence-electron chi connectivity index (χ1n) is 10.9. The van der Waals surface area contributed by atoms with Gasteiger partial charge >= 0.3 is 5.97 Å². The van der Waals surface area contributed by atoms with Gasteiger partial charge in [-0.2, -0.15) is 10.5 Å². The number of carbonyl (C=O) groups excluding carboxylic acids is 1. The minimum absolute atomic E-state index is 0.0198. The lowest BCUT2D eigenvalue weighted by Gasteiger charge is -2.18. The van der Waals surface area contributed by atoms with Crippen LogP contribution in [0.1, 0.15) is 28.4 Å². The second kappa shape index (κ2) is 11.9. The van der Waals surface area contributed by atoms with Crippen molar-refractivity contribution in [2.24, 2.45) is 0 Å². The molecule has 1 unspecified atom stereocenters. The number of nitrogen functional groups attached to an aromatic ring is 1. The molecule has 11 nitrogen and oxygen atoms in total. The van der Waals surface area contributed by atoms with Gasteiger partial charge in [-0.05, 0) is 42.8 Å². The summed E-state index contributed by atoms with van der Waals surface area (Å²) >= 11 is 0.964. The number of pyridine rings is 1. The fraction of sp³-hybridized carbons (Fsp3) is 0.192. The van der Waals surface area contributed by atoms with E-state index < -0.39 is 17.1 Å². The predicted octanol–water partition coefficient (Wildman–Crippen LogP) is 3.92. The number of aromatic carboxylic acids is 1. The summed E-state index contributed by atoms with van der Waals surface area (Å²) in [5.41, 5.74) is 7.03. The lowest BCUT2D eigenvalue weighted by Crippen LogP contribution is -2.23. The molecule has 0 fully saturated rings. The Balaban J connectivity index is 2.06. The van der Waals surface area contributed by atoms with Crippen molar-refractivity contribution in [3.63, 3.8) is 0 Å². The summed E-state index contributed by atoms with van der Waals surface area (Å²) in [4.78, 5) is 28.3. The highest BCUT2D eigenvalue weighted by Crippen LogP contribution is 2.44. The number of nitrogens with one attached hydrogen (secondary N) is 1. The van der Waals surface area contributed by atoms with Crippen molar-refractivity contribution in [1.82, 2.24) is 4.98 Å². The molecule has 0 aliphatic rings. The molecule has 194 valence electrons. The van der Waals surface area contributed by atoms with Gasteiger partial charge in [-0.1, -0.05) is 17.8 Å². The summed E-state index contributed by atoms with van der Waals surface area (Å²) in [6, 6.07) is 13.1. The Bertz CT molecular complexity index is 1470. The zero-order valence-electron chi connectivity index (χ0n) is 20.9. The van der Waals surface area contributed by atoms with E-state index in [-0.39, 0.29) is 33.1 Å². The van der Waals surface area contributed by atoms with E-state index in [9.17, 15) is 25.2 Å². The lowest BCUT2D eigenvalue weighted by molar-refractivity contribution is -0.115. The molecular formula is C26H23N5O6S. The smallest absolute Gasteiger partial charge is 0.335 e. The van der Waals surface area contributed by atoms with Gasteiger partial charge in [-0.3, -0.25) is 4.79 Å². The van der Waals surface area contributed by atoms with Crippen molar-refractivity contribution in [2.45, 2.75) is 17.2 Å². The number of benzene rings is 2. The number of anilines is 2. The van der Waals surface area contributed by atoms with Crippen LogP contribution in [0.5, 0.6) is 17.2 Å². The van der Waals surface area contributed by atoms with Crippen molar-refractivity contribution in [3.05, 3.63) is 53.1 Å². The molecule has 0 saturated carbocycles. The number of carboxylic acid groups (broad SMARTS) is 1. The molecule has 38 heavy (non-hydrogen) atoms. The SMILES string of the molecule is COc1cc(-c2c(C#N)c(N)nc(SC(C)C(=O)Nc3cccc(C(=O)O)c3)c2C#N)cc(OC)c1OC. The second-order valence-electron chi connectivity index (χ2n) is 7.70. The van der Waals surface area contributed by atoms with Crippen LogP contribution in [0.25, 0.3) is 11.1 Å². The minimum atomic E-state index is -1.13. The Hall–Kier alpha value is -4.94. The lowest BCUT2D eigenvalue weighted by atomic mass is 9.96. The molecule has 1 heterocycles. The largest absolute Gasteiger partial charge is 0.493 e. The maximum absolute atomic E-state index is 12.9. The number of carboxylic acids is 1. The molecule has 2 aromatic carbocycles. The summed E-state index contributed by atoms with van der Waals surface area (Å²) in [7, 11) is 4.32. The van der Waals surface area contributed by atoms with Crippen molar-refractivity contribution < 1.29 is 28.9 Å². The average molecular weight is 534 g/mol. The Morgan fingerprint density at radius 3 is 2.21 bits per heavy atom. The summed E-state index contributed by atoms with van der Waals surface area (Å²) in [6.07, 6.45) is 0. The number of ether oxygens (including phenoxy) is 3. The van der Waals surface area contributed by atoms with Gasteiger partial charge < -0.3 is 30.4 Å². The number of carbonyl (C=O) groups is 2. The van der Waals surface area contributed by atoms with Crippen LogP contribution in [0.3, 0.4) is 0 Å². The van der Waals surface area contributed by atoms with Crippen LogP contribution in [-0.4, -0.2) is 48.5 Å². The summed E-state index contributed by atoms with van der Waals surface area (Å²) < 4.78 is 16.2. The molecule has 1 atom stereocenters. The van der Waals surface area contributed by atoms with E-state index in [4.69, 9.17) is 19.9 Å². The topological polar surface area (TPSA) is 181 Å². The van der Waals surface area contributed by atoms with Gasteiger partial charge in [0.1, 0.15) is 28.5 Å². The van der Waals surface area contributed by atoms with Crippen molar-refractivity contribution >= 4 is 35.1 Å². The predicted molar refractivity (Wildman–Crippen MR) is 141 cm³/mol. The molecule has 0 saturated heterocycles. The quantitative estimate of drug-likeness (QED) is 0.339. The first kappa shape index (κ1) is 27.6. The van der Waals surface area contributed by atoms with Crippen molar-refractivity contribution in [1.29, 1.82) is 10.5 Å². The number of nitriles is 2. The number of nitrogens with two attached hydrogens (primary N) is 1. The number of methoxy groups -OCH3 is 3. The standard InChI is InChI=1S/C26H23N5O6S/c1-13(24(32)30-16-7-5-6-14(8-16)26(33)34)38-25-18(12-28)21(17(11-27)23(29)31-25)15-9-19(35-2)22(37-4)20(10-15)36-3/h5-10,13H,1-4H3,(H2,29,31)(H,30,32)(H,33,34). The molecule has 0 bridgehead atoms. The molecule has 1 aromatic heterocycles.